The second-order valence-corrected chi connectivity index (χ2v) is 3.38. The number of carboxylic acids is 1. The highest BCUT2D eigenvalue weighted by molar-refractivity contribution is 5.85. The summed E-state index contributed by atoms with van der Waals surface area (Å²) in [5, 5.41) is 12.9. The Morgan fingerprint density at radius 1 is 1.29 bits per heavy atom. The van der Waals surface area contributed by atoms with Crippen molar-refractivity contribution in [3.8, 4) is 5.82 Å². The van der Waals surface area contributed by atoms with Gasteiger partial charge in [0.1, 0.15) is 11.8 Å². The molecule has 0 aromatic carbocycles. The van der Waals surface area contributed by atoms with Gasteiger partial charge in [-0.25, -0.2) is 19.3 Å². The zero-order valence-electron chi connectivity index (χ0n) is 8.56. The second-order valence-electron chi connectivity index (χ2n) is 3.38. The average molecular weight is 229 g/mol. The van der Waals surface area contributed by atoms with Crippen molar-refractivity contribution in [2.75, 3.05) is 0 Å². The minimum Gasteiger partial charge on any atom is -0.476 e. The molecule has 3 aromatic rings. The summed E-state index contributed by atoms with van der Waals surface area (Å²) in [7, 11) is 0. The maximum Gasteiger partial charge on any atom is 0.356 e. The first-order valence-electron chi connectivity index (χ1n) is 4.82. The van der Waals surface area contributed by atoms with E-state index < -0.39 is 5.97 Å². The van der Waals surface area contributed by atoms with Crippen molar-refractivity contribution >= 4 is 11.5 Å². The molecular formula is C10H7N5O2. The standard InChI is InChI=1S/C10H7N5O2/c16-10(17)7-5-14(6-12-7)9-8-1-2-13-15(8)4-3-11-9/h1-6H,(H,16,17). The lowest BCUT2D eigenvalue weighted by molar-refractivity contribution is 0.0691. The first-order valence-corrected chi connectivity index (χ1v) is 4.82. The maximum atomic E-state index is 10.7. The van der Waals surface area contributed by atoms with Crippen LogP contribution in [0.15, 0.2) is 37.2 Å². The van der Waals surface area contributed by atoms with Crippen molar-refractivity contribution in [1.29, 1.82) is 0 Å². The van der Waals surface area contributed by atoms with Gasteiger partial charge in [-0.05, 0) is 6.07 Å². The number of aromatic nitrogens is 5. The van der Waals surface area contributed by atoms with Gasteiger partial charge in [0.15, 0.2) is 11.5 Å². The molecule has 7 nitrogen and oxygen atoms in total. The molecule has 0 unspecified atom stereocenters. The molecule has 0 spiro atoms. The Morgan fingerprint density at radius 2 is 2.18 bits per heavy atom. The molecule has 0 atom stereocenters. The van der Waals surface area contributed by atoms with Gasteiger partial charge in [-0.15, -0.1) is 0 Å². The fraction of sp³-hybridized carbons (Fsp3) is 0. The van der Waals surface area contributed by atoms with Crippen LogP contribution in [0, 0.1) is 0 Å². The van der Waals surface area contributed by atoms with Crippen molar-refractivity contribution in [1.82, 2.24) is 24.1 Å². The van der Waals surface area contributed by atoms with E-state index in [9.17, 15) is 4.79 Å². The highest BCUT2D eigenvalue weighted by Crippen LogP contribution is 2.12. The number of carboxylic acid groups (broad SMARTS) is 1. The predicted molar refractivity (Wildman–Crippen MR) is 57.1 cm³/mol. The van der Waals surface area contributed by atoms with Gasteiger partial charge in [0.25, 0.3) is 0 Å². The number of hydrogen-bond acceptors (Lipinski definition) is 4. The number of rotatable bonds is 2. The van der Waals surface area contributed by atoms with Crippen LogP contribution in [0.5, 0.6) is 0 Å². The number of nitrogens with zero attached hydrogens (tertiary/aromatic N) is 5. The Hall–Kier alpha value is -2.70. The van der Waals surface area contributed by atoms with Crippen molar-refractivity contribution in [3.05, 3.63) is 42.9 Å². The van der Waals surface area contributed by atoms with Crippen LogP contribution in [0.4, 0.5) is 0 Å². The van der Waals surface area contributed by atoms with Crippen LogP contribution in [0.1, 0.15) is 10.5 Å². The van der Waals surface area contributed by atoms with Crippen LogP contribution < -0.4 is 0 Å². The predicted octanol–water partition coefficient (Wildman–Crippen LogP) is 0.613. The minimum atomic E-state index is -1.07. The van der Waals surface area contributed by atoms with Crippen molar-refractivity contribution in [3.63, 3.8) is 0 Å². The van der Waals surface area contributed by atoms with E-state index in [0.29, 0.717) is 5.82 Å². The molecule has 0 aliphatic rings. The SMILES string of the molecule is O=C(O)c1cn(-c2nccn3nccc23)cn1. The summed E-state index contributed by atoms with van der Waals surface area (Å²) < 4.78 is 3.21. The Kier molecular flexibility index (Phi) is 1.91. The molecule has 0 aliphatic carbocycles. The molecule has 0 amide bonds. The van der Waals surface area contributed by atoms with Gasteiger partial charge in [-0.3, -0.25) is 4.57 Å². The van der Waals surface area contributed by atoms with E-state index >= 15 is 0 Å². The third kappa shape index (κ3) is 1.44. The van der Waals surface area contributed by atoms with E-state index in [-0.39, 0.29) is 5.69 Å². The molecule has 17 heavy (non-hydrogen) atoms. The van der Waals surface area contributed by atoms with E-state index in [1.807, 2.05) is 0 Å². The van der Waals surface area contributed by atoms with Gasteiger partial charge < -0.3 is 5.11 Å². The molecule has 1 N–H and O–H groups in total. The molecule has 3 heterocycles. The van der Waals surface area contributed by atoms with Crippen LogP contribution in [0.3, 0.4) is 0 Å². The number of aromatic carboxylic acids is 1. The molecule has 0 saturated carbocycles. The summed E-state index contributed by atoms with van der Waals surface area (Å²) in [4.78, 5) is 18.7. The lowest BCUT2D eigenvalue weighted by Crippen LogP contribution is -1.99. The monoisotopic (exact) mass is 229 g/mol. The first kappa shape index (κ1) is 9.52. The van der Waals surface area contributed by atoms with Gasteiger partial charge in [0.05, 0.1) is 6.20 Å². The molecule has 7 heteroatoms. The normalized spacial score (nSPS) is 10.8. The van der Waals surface area contributed by atoms with Crippen LogP contribution in [-0.2, 0) is 0 Å². The average Bonchev–Trinajstić information content (AvgIpc) is 2.97. The van der Waals surface area contributed by atoms with E-state index in [1.165, 1.54) is 12.5 Å². The molecule has 0 radical (unpaired) electrons. The van der Waals surface area contributed by atoms with Crippen LogP contribution >= 0.6 is 0 Å². The highest BCUT2D eigenvalue weighted by atomic mass is 16.4. The summed E-state index contributed by atoms with van der Waals surface area (Å²) in [6.45, 7) is 0. The van der Waals surface area contributed by atoms with Crippen molar-refractivity contribution in [2.45, 2.75) is 0 Å². The summed E-state index contributed by atoms with van der Waals surface area (Å²) in [5.41, 5.74) is 0.759. The number of carbonyl (C=O) groups is 1. The van der Waals surface area contributed by atoms with Gasteiger partial charge in [0, 0.05) is 18.6 Å². The third-order valence-electron chi connectivity index (χ3n) is 2.35. The van der Waals surface area contributed by atoms with E-state index in [0.717, 1.165) is 5.52 Å². The van der Waals surface area contributed by atoms with Gasteiger partial charge in [0.2, 0.25) is 0 Å². The van der Waals surface area contributed by atoms with Crippen LogP contribution in [0.25, 0.3) is 11.3 Å². The van der Waals surface area contributed by atoms with Gasteiger partial charge in [-0.1, -0.05) is 0 Å². The van der Waals surface area contributed by atoms with Crippen molar-refractivity contribution < 1.29 is 9.90 Å². The molecule has 0 fully saturated rings. The molecule has 84 valence electrons. The van der Waals surface area contributed by atoms with Crippen LogP contribution in [0.2, 0.25) is 0 Å². The zero-order valence-corrected chi connectivity index (χ0v) is 8.56. The second kappa shape index (κ2) is 3.41. The Bertz CT molecular complexity index is 699. The topological polar surface area (TPSA) is 85.3 Å². The maximum absolute atomic E-state index is 10.7. The lowest BCUT2D eigenvalue weighted by atomic mass is 10.4. The Balaban J connectivity index is 2.19. The molecular weight excluding hydrogens is 222 g/mol. The molecule has 0 aliphatic heterocycles. The molecule has 3 aromatic heterocycles. The minimum absolute atomic E-state index is 0.0201. The zero-order chi connectivity index (χ0) is 11.8. The highest BCUT2D eigenvalue weighted by Gasteiger charge is 2.10. The summed E-state index contributed by atoms with van der Waals surface area (Å²) >= 11 is 0. The first-order chi connectivity index (χ1) is 8.25. The molecule has 0 saturated heterocycles. The van der Waals surface area contributed by atoms with Gasteiger partial charge in [-0.2, -0.15) is 5.10 Å². The molecule has 0 bridgehead atoms. The lowest BCUT2D eigenvalue weighted by Gasteiger charge is -2.02. The number of fused-ring (bicyclic) bond motifs is 1. The third-order valence-corrected chi connectivity index (χ3v) is 2.35. The summed E-state index contributed by atoms with van der Waals surface area (Å²) in [5.74, 6) is -0.478. The Morgan fingerprint density at radius 3 is 2.94 bits per heavy atom. The van der Waals surface area contributed by atoms with Crippen LogP contribution in [-0.4, -0.2) is 35.2 Å². The van der Waals surface area contributed by atoms with E-state index in [4.69, 9.17) is 5.11 Å². The number of imidazole rings is 1. The summed E-state index contributed by atoms with van der Waals surface area (Å²) in [6, 6.07) is 1.79. The fourth-order valence-corrected chi connectivity index (χ4v) is 1.59. The quantitative estimate of drug-likeness (QED) is 0.696. The Labute approximate surface area is 95.0 Å². The largest absolute Gasteiger partial charge is 0.476 e. The summed E-state index contributed by atoms with van der Waals surface area (Å²) in [6.07, 6.45) is 7.79. The smallest absolute Gasteiger partial charge is 0.356 e. The fourth-order valence-electron chi connectivity index (χ4n) is 1.59. The number of hydrogen-bond donors (Lipinski definition) is 1. The van der Waals surface area contributed by atoms with E-state index in [1.54, 1.807) is 33.7 Å². The molecule has 3 rings (SSSR count). The van der Waals surface area contributed by atoms with E-state index in [2.05, 4.69) is 15.1 Å². The van der Waals surface area contributed by atoms with Gasteiger partial charge >= 0.3 is 5.97 Å². The van der Waals surface area contributed by atoms with Crippen molar-refractivity contribution in [2.24, 2.45) is 0 Å².